The molecule has 136 valence electrons. The Morgan fingerprint density at radius 1 is 1.35 bits per heavy atom. The second-order valence-corrected chi connectivity index (χ2v) is 7.75. The second kappa shape index (κ2) is 9.48. The maximum absolute atomic E-state index is 12.9. The summed E-state index contributed by atoms with van der Waals surface area (Å²) in [6.07, 6.45) is 3.22. The van der Waals surface area contributed by atoms with Crippen LogP contribution in [-0.4, -0.2) is 54.3 Å². The molecule has 0 aromatic carbocycles. The highest BCUT2D eigenvalue weighted by atomic mass is 35.5. The fourth-order valence-corrected chi connectivity index (χ4v) is 3.00. The van der Waals surface area contributed by atoms with E-state index in [1.807, 2.05) is 7.05 Å². The van der Waals surface area contributed by atoms with Crippen LogP contribution in [0.5, 0.6) is 0 Å². The highest BCUT2D eigenvalue weighted by Crippen LogP contribution is 2.22. The van der Waals surface area contributed by atoms with Gasteiger partial charge >= 0.3 is 0 Å². The van der Waals surface area contributed by atoms with Crippen LogP contribution in [0.2, 0.25) is 0 Å². The molecule has 0 aliphatic carbocycles. The minimum atomic E-state index is -0.327. The van der Waals surface area contributed by atoms with Crippen molar-refractivity contribution in [1.82, 2.24) is 9.80 Å². The summed E-state index contributed by atoms with van der Waals surface area (Å²) < 4.78 is 0. The molecule has 0 bridgehead atoms. The summed E-state index contributed by atoms with van der Waals surface area (Å²) >= 11 is 0. The Labute approximate surface area is 147 Å². The summed E-state index contributed by atoms with van der Waals surface area (Å²) in [6, 6.07) is -0.327. The largest absolute Gasteiger partial charge is 0.343 e. The molecular weight excluding hydrogens is 314 g/mol. The van der Waals surface area contributed by atoms with Gasteiger partial charge in [0.2, 0.25) is 11.8 Å². The third-order valence-electron chi connectivity index (χ3n) is 4.31. The van der Waals surface area contributed by atoms with Gasteiger partial charge in [-0.25, -0.2) is 0 Å². The van der Waals surface area contributed by atoms with E-state index in [1.165, 1.54) is 0 Å². The molecule has 2 N–H and O–H groups in total. The van der Waals surface area contributed by atoms with Gasteiger partial charge in [-0.2, -0.15) is 0 Å². The van der Waals surface area contributed by atoms with Crippen molar-refractivity contribution in [3.05, 3.63) is 0 Å². The smallest absolute Gasteiger partial charge is 0.245 e. The lowest BCUT2D eigenvalue weighted by atomic mass is 9.92. The average Bonchev–Trinajstić information content (AvgIpc) is 2.44. The number of rotatable bonds is 7. The van der Waals surface area contributed by atoms with E-state index in [1.54, 1.807) is 9.80 Å². The Bertz CT molecular complexity index is 399. The second-order valence-electron chi connectivity index (χ2n) is 7.75. The fraction of sp³-hybridized carbons (Fsp3) is 0.882. The molecule has 0 aromatic rings. The Kier molecular flexibility index (Phi) is 9.14. The highest BCUT2D eigenvalue weighted by molar-refractivity contribution is 5.88. The van der Waals surface area contributed by atoms with E-state index < -0.39 is 0 Å². The van der Waals surface area contributed by atoms with Crippen LogP contribution in [-0.2, 0) is 9.59 Å². The molecule has 1 aliphatic rings. The van der Waals surface area contributed by atoms with Gasteiger partial charge < -0.3 is 15.5 Å². The van der Waals surface area contributed by atoms with E-state index in [4.69, 9.17) is 5.73 Å². The van der Waals surface area contributed by atoms with Crippen molar-refractivity contribution in [2.24, 2.45) is 17.1 Å². The molecule has 1 rings (SSSR count). The van der Waals surface area contributed by atoms with Gasteiger partial charge in [-0.05, 0) is 37.1 Å². The topological polar surface area (TPSA) is 66.6 Å². The zero-order valence-electron chi connectivity index (χ0n) is 15.3. The lowest BCUT2D eigenvalue weighted by Crippen LogP contribution is -2.53. The predicted molar refractivity (Wildman–Crippen MR) is 96.5 cm³/mol. The van der Waals surface area contributed by atoms with Crippen LogP contribution in [0.3, 0.4) is 0 Å². The van der Waals surface area contributed by atoms with Crippen molar-refractivity contribution < 1.29 is 9.59 Å². The maximum Gasteiger partial charge on any atom is 0.245 e. The van der Waals surface area contributed by atoms with Gasteiger partial charge in [0.1, 0.15) is 6.04 Å². The Morgan fingerprint density at radius 2 is 1.96 bits per heavy atom. The average molecular weight is 348 g/mol. The van der Waals surface area contributed by atoms with Crippen LogP contribution in [0.1, 0.15) is 53.4 Å². The van der Waals surface area contributed by atoms with Crippen molar-refractivity contribution in [1.29, 1.82) is 0 Å². The van der Waals surface area contributed by atoms with Gasteiger partial charge in [0.15, 0.2) is 0 Å². The number of likely N-dealkylation sites (N-methyl/N-ethyl adjacent to an activating group) is 1. The first-order chi connectivity index (χ1) is 10.2. The quantitative estimate of drug-likeness (QED) is 0.768. The van der Waals surface area contributed by atoms with E-state index >= 15 is 0 Å². The van der Waals surface area contributed by atoms with E-state index in [2.05, 4.69) is 27.7 Å². The van der Waals surface area contributed by atoms with E-state index in [-0.39, 0.29) is 35.7 Å². The summed E-state index contributed by atoms with van der Waals surface area (Å²) in [7, 11) is 1.82. The summed E-state index contributed by atoms with van der Waals surface area (Å²) in [5, 5.41) is 0. The number of likely N-dealkylation sites (tertiary alicyclic amines) is 1. The summed E-state index contributed by atoms with van der Waals surface area (Å²) in [6.45, 7) is 10.1. The number of carbonyl (C=O) groups is 2. The normalized spacial score (nSPS) is 17.0. The Balaban J connectivity index is 0.00000484. The lowest BCUT2D eigenvalue weighted by Gasteiger charge is -2.38. The SMILES string of the molecule is CC(C)CC(C(=O)N(C)CC(C)(C)CN)N1CCCCC1=O.Cl. The van der Waals surface area contributed by atoms with Crippen LogP contribution in [0.25, 0.3) is 0 Å². The number of hydrogen-bond acceptors (Lipinski definition) is 3. The van der Waals surface area contributed by atoms with Crippen LogP contribution < -0.4 is 5.73 Å². The molecule has 1 saturated heterocycles. The molecular formula is C17H34ClN3O2. The molecule has 0 radical (unpaired) electrons. The first-order valence-corrected chi connectivity index (χ1v) is 8.42. The minimum Gasteiger partial charge on any atom is -0.343 e. The molecule has 1 aliphatic heterocycles. The number of piperidine rings is 1. The minimum absolute atomic E-state index is 0. The first kappa shape index (κ1) is 22.2. The molecule has 1 fully saturated rings. The third-order valence-corrected chi connectivity index (χ3v) is 4.31. The van der Waals surface area contributed by atoms with E-state index in [0.29, 0.717) is 32.0 Å². The number of nitrogens with zero attached hydrogens (tertiary/aromatic N) is 2. The third kappa shape index (κ3) is 6.68. The maximum atomic E-state index is 12.9. The molecule has 5 nitrogen and oxygen atoms in total. The molecule has 0 spiro atoms. The fourth-order valence-electron chi connectivity index (χ4n) is 3.00. The first-order valence-electron chi connectivity index (χ1n) is 8.42. The van der Waals surface area contributed by atoms with E-state index in [0.717, 1.165) is 19.3 Å². The summed E-state index contributed by atoms with van der Waals surface area (Å²) in [5.74, 6) is 0.543. The molecule has 1 heterocycles. The van der Waals surface area contributed by atoms with Gasteiger partial charge in [-0.3, -0.25) is 9.59 Å². The van der Waals surface area contributed by atoms with Crippen molar-refractivity contribution in [2.75, 3.05) is 26.7 Å². The molecule has 6 heteroatoms. The molecule has 1 unspecified atom stereocenters. The van der Waals surface area contributed by atoms with Crippen molar-refractivity contribution in [3.63, 3.8) is 0 Å². The number of amides is 2. The predicted octanol–water partition coefficient (Wildman–Crippen LogP) is 2.28. The zero-order valence-corrected chi connectivity index (χ0v) is 16.1. The van der Waals surface area contributed by atoms with E-state index in [9.17, 15) is 9.59 Å². The Hall–Kier alpha value is -0.810. The van der Waals surface area contributed by atoms with Crippen LogP contribution in [0, 0.1) is 11.3 Å². The molecule has 0 saturated carbocycles. The molecule has 23 heavy (non-hydrogen) atoms. The summed E-state index contributed by atoms with van der Waals surface area (Å²) in [4.78, 5) is 28.7. The molecule has 1 atom stereocenters. The van der Waals surface area contributed by atoms with Crippen molar-refractivity contribution in [3.8, 4) is 0 Å². The molecule has 2 amide bonds. The standard InChI is InChI=1S/C17H33N3O2.ClH/c1-13(2)10-14(20-9-7-6-8-15(20)21)16(22)19(5)12-17(3,4)11-18;/h13-14H,6-12,18H2,1-5H3;1H. The van der Waals surface area contributed by atoms with Crippen LogP contribution in [0.4, 0.5) is 0 Å². The van der Waals surface area contributed by atoms with Crippen LogP contribution in [0.15, 0.2) is 0 Å². The number of nitrogens with two attached hydrogens (primary N) is 1. The monoisotopic (exact) mass is 347 g/mol. The highest BCUT2D eigenvalue weighted by Gasteiger charge is 2.34. The number of halogens is 1. The van der Waals surface area contributed by atoms with Crippen molar-refractivity contribution in [2.45, 2.75) is 59.4 Å². The van der Waals surface area contributed by atoms with Gasteiger partial charge in [0.05, 0.1) is 0 Å². The van der Waals surface area contributed by atoms with Gasteiger partial charge in [-0.15, -0.1) is 12.4 Å². The zero-order chi connectivity index (χ0) is 16.9. The summed E-state index contributed by atoms with van der Waals surface area (Å²) in [5.41, 5.74) is 5.66. The van der Waals surface area contributed by atoms with Crippen molar-refractivity contribution >= 4 is 24.2 Å². The number of carbonyl (C=O) groups excluding carboxylic acids is 2. The van der Waals surface area contributed by atoms with Crippen LogP contribution >= 0.6 is 12.4 Å². The van der Waals surface area contributed by atoms with Gasteiger partial charge in [-0.1, -0.05) is 27.7 Å². The number of hydrogen-bond donors (Lipinski definition) is 1. The van der Waals surface area contributed by atoms with Gasteiger partial charge in [0, 0.05) is 26.6 Å². The van der Waals surface area contributed by atoms with Gasteiger partial charge in [0.25, 0.3) is 0 Å². The molecule has 0 aromatic heterocycles. The lowest BCUT2D eigenvalue weighted by molar-refractivity contribution is -0.148. The Morgan fingerprint density at radius 3 is 2.43 bits per heavy atom.